The summed E-state index contributed by atoms with van der Waals surface area (Å²) in [6.45, 7) is 9.01. The van der Waals surface area contributed by atoms with Gasteiger partial charge in [-0.1, -0.05) is 69.3 Å². The van der Waals surface area contributed by atoms with Crippen molar-refractivity contribution in [3.63, 3.8) is 0 Å². The number of hydrogen-bond acceptors (Lipinski definition) is 5. The second-order valence-corrected chi connectivity index (χ2v) is 9.34. The van der Waals surface area contributed by atoms with E-state index in [0.717, 1.165) is 58.6 Å². The molecule has 0 N–H and O–H groups in total. The summed E-state index contributed by atoms with van der Waals surface area (Å²) in [5, 5.41) is 0. The summed E-state index contributed by atoms with van der Waals surface area (Å²) in [5.41, 5.74) is 5.41. The monoisotopic (exact) mass is 530 g/mol. The molecule has 0 spiro atoms. The summed E-state index contributed by atoms with van der Waals surface area (Å²) in [7, 11) is 4.97. The van der Waals surface area contributed by atoms with Gasteiger partial charge in [-0.2, -0.15) is 0 Å². The molecule has 3 rings (SSSR count). The number of rotatable bonds is 14. The van der Waals surface area contributed by atoms with Crippen LogP contribution in [0, 0.1) is 0 Å². The van der Waals surface area contributed by atoms with Crippen LogP contribution in [0.25, 0.3) is 24.3 Å². The lowest BCUT2D eigenvalue weighted by Gasteiger charge is -2.19. The molecule has 0 aliphatic rings. The van der Waals surface area contributed by atoms with Gasteiger partial charge in [0.15, 0.2) is 23.0 Å². The molecule has 39 heavy (non-hydrogen) atoms. The molecule has 0 aromatic heterocycles. The Bertz CT molecular complexity index is 1210. The van der Waals surface area contributed by atoms with Crippen molar-refractivity contribution in [2.75, 3.05) is 27.9 Å². The van der Waals surface area contributed by atoms with Crippen molar-refractivity contribution in [2.24, 2.45) is 0 Å². The third kappa shape index (κ3) is 8.06. The molecule has 3 aromatic rings. The Morgan fingerprint density at radius 2 is 1.10 bits per heavy atom. The van der Waals surface area contributed by atoms with Crippen molar-refractivity contribution >= 4 is 24.3 Å². The maximum Gasteiger partial charge on any atom is 0.203 e. The van der Waals surface area contributed by atoms with Gasteiger partial charge in [-0.15, -0.1) is 0 Å². The van der Waals surface area contributed by atoms with E-state index in [1.54, 1.807) is 21.3 Å². The van der Waals surface area contributed by atoms with Gasteiger partial charge >= 0.3 is 0 Å². The first-order chi connectivity index (χ1) is 19.0. The van der Waals surface area contributed by atoms with Crippen molar-refractivity contribution in [1.29, 1.82) is 0 Å². The molecule has 0 amide bonds. The normalized spacial score (nSPS) is 12.1. The van der Waals surface area contributed by atoms with Crippen LogP contribution in [0.15, 0.2) is 48.5 Å². The predicted octanol–water partition coefficient (Wildman–Crippen LogP) is 8.58. The minimum Gasteiger partial charge on any atom is -0.493 e. The van der Waals surface area contributed by atoms with Crippen LogP contribution in [0.4, 0.5) is 0 Å². The van der Waals surface area contributed by atoms with Crippen LogP contribution in [-0.4, -0.2) is 34.0 Å². The van der Waals surface area contributed by atoms with Gasteiger partial charge in [-0.25, -0.2) is 0 Å². The van der Waals surface area contributed by atoms with Gasteiger partial charge in [0.05, 0.1) is 34.0 Å². The molecule has 0 radical (unpaired) electrons. The standard InChI is InChI=1S/C34H42O5/c1-8-19-38-34-31(36-6)22-28(23-32(34)37-7)18-16-26-13-11-25(12-14-26)15-17-27-20-29(10-3)33(30(21-27)35-5)39-24(4)9-2/h11-18,20-24H,8-10,19H2,1-7H3/b17-15+,18-16+. The minimum atomic E-state index is 0.140. The molecule has 0 saturated carbocycles. The fraction of sp³-hybridized carbons (Fsp3) is 0.353. The average Bonchev–Trinajstić information content (AvgIpc) is 2.98. The van der Waals surface area contributed by atoms with Crippen LogP contribution < -0.4 is 23.7 Å². The average molecular weight is 531 g/mol. The number of aryl methyl sites for hydroxylation is 1. The van der Waals surface area contributed by atoms with Crippen LogP contribution in [-0.2, 0) is 6.42 Å². The lowest BCUT2D eigenvalue weighted by Crippen LogP contribution is -2.12. The maximum absolute atomic E-state index is 6.16. The van der Waals surface area contributed by atoms with Gasteiger partial charge in [0.25, 0.3) is 0 Å². The molecule has 5 heteroatoms. The fourth-order valence-corrected chi connectivity index (χ4v) is 4.06. The van der Waals surface area contributed by atoms with Gasteiger partial charge < -0.3 is 23.7 Å². The zero-order valence-corrected chi connectivity index (χ0v) is 24.4. The smallest absolute Gasteiger partial charge is 0.203 e. The number of ether oxygens (including phenoxy) is 5. The molecular weight excluding hydrogens is 488 g/mol. The quantitative estimate of drug-likeness (QED) is 0.195. The highest BCUT2D eigenvalue weighted by Gasteiger charge is 2.15. The minimum absolute atomic E-state index is 0.140. The van der Waals surface area contributed by atoms with Gasteiger partial charge in [-0.05, 0) is 78.3 Å². The first-order valence-corrected chi connectivity index (χ1v) is 13.7. The molecule has 5 nitrogen and oxygen atoms in total. The summed E-state index contributed by atoms with van der Waals surface area (Å²) in [5.74, 6) is 3.57. The molecule has 0 fully saturated rings. The molecule has 208 valence electrons. The third-order valence-corrected chi connectivity index (χ3v) is 6.46. The SMILES string of the molecule is CCCOc1c(OC)cc(/C=C/c2ccc(/C=C/c3cc(CC)c(OC(C)CC)c(OC)c3)cc2)cc1OC. The van der Waals surface area contributed by atoms with E-state index in [-0.39, 0.29) is 6.10 Å². The lowest BCUT2D eigenvalue weighted by atomic mass is 10.0. The van der Waals surface area contributed by atoms with Crippen molar-refractivity contribution in [1.82, 2.24) is 0 Å². The van der Waals surface area contributed by atoms with E-state index in [9.17, 15) is 0 Å². The second kappa shape index (κ2) is 14.9. The summed E-state index contributed by atoms with van der Waals surface area (Å²) in [6.07, 6.45) is 11.2. The summed E-state index contributed by atoms with van der Waals surface area (Å²) in [6, 6.07) is 16.5. The zero-order chi connectivity index (χ0) is 28.2. The van der Waals surface area contributed by atoms with Crippen molar-refractivity contribution in [3.8, 4) is 28.7 Å². The fourth-order valence-electron chi connectivity index (χ4n) is 4.06. The van der Waals surface area contributed by atoms with E-state index in [0.29, 0.717) is 23.9 Å². The van der Waals surface area contributed by atoms with Crippen LogP contribution >= 0.6 is 0 Å². The Morgan fingerprint density at radius 1 is 0.641 bits per heavy atom. The van der Waals surface area contributed by atoms with Crippen LogP contribution in [0.2, 0.25) is 0 Å². The topological polar surface area (TPSA) is 46.2 Å². The lowest BCUT2D eigenvalue weighted by molar-refractivity contribution is 0.205. The Labute approximate surface area is 234 Å². The van der Waals surface area contributed by atoms with Crippen molar-refractivity contribution in [3.05, 3.63) is 76.3 Å². The van der Waals surface area contributed by atoms with Gasteiger partial charge in [0.1, 0.15) is 0 Å². The second-order valence-electron chi connectivity index (χ2n) is 9.34. The molecule has 1 unspecified atom stereocenters. The van der Waals surface area contributed by atoms with Crippen molar-refractivity contribution in [2.45, 2.75) is 53.1 Å². The van der Waals surface area contributed by atoms with Crippen LogP contribution in [0.5, 0.6) is 28.7 Å². The molecule has 0 heterocycles. The number of hydrogen-bond donors (Lipinski definition) is 0. The molecular formula is C34H42O5. The molecule has 0 saturated heterocycles. The van der Waals surface area contributed by atoms with E-state index >= 15 is 0 Å². The zero-order valence-electron chi connectivity index (χ0n) is 24.4. The van der Waals surface area contributed by atoms with Gasteiger partial charge in [0, 0.05) is 0 Å². The summed E-state index contributed by atoms with van der Waals surface area (Å²) >= 11 is 0. The van der Waals surface area contributed by atoms with Crippen LogP contribution in [0.1, 0.15) is 68.4 Å². The van der Waals surface area contributed by atoms with Crippen molar-refractivity contribution < 1.29 is 23.7 Å². The first-order valence-electron chi connectivity index (χ1n) is 13.7. The maximum atomic E-state index is 6.16. The highest BCUT2D eigenvalue weighted by Crippen LogP contribution is 2.39. The Kier molecular flexibility index (Phi) is 11.4. The predicted molar refractivity (Wildman–Crippen MR) is 162 cm³/mol. The van der Waals surface area contributed by atoms with Crippen LogP contribution in [0.3, 0.4) is 0 Å². The third-order valence-electron chi connectivity index (χ3n) is 6.46. The summed E-state index contributed by atoms with van der Waals surface area (Å²) in [4.78, 5) is 0. The van der Waals surface area contributed by atoms with E-state index in [2.05, 4.69) is 76.3 Å². The van der Waals surface area contributed by atoms with E-state index in [1.807, 2.05) is 24.3 Å². The molecule has 1 atom stereocenters. The Hall–Kier alpha value is -3.86. The highest BCUT2D eigenvalue weighted by atomic mass is 16.5. The van der Waals surface area contributed by atoms with Gasteiger partial charge in [-0.3, -0.25) is 0 Å². The molecule has 0 aliphatic carbocycles. The van der Waals surface area contributed by atoms with Gasteiger partial charge in [0.2, 0.25) is 5.75 Å². The molecule has 0 bridgehead atoms. The first kappa shape index (κ1) is 29.7. The van der Waals surface area contributed by atoms with E-state index < -0.39 is 0 Å². The number of methoxy groups -OCH3 is 3. The molecule has 3 aromatic carbocycles. The van der Waals surface area contributed by atoms with E-state index in [1.165, 1.54) is 0 Å². The van der Waals surface area contributed by atoms with E-state index in [4.69, 9.17) is 23.7 Å². The Morgan fingerprint density at radius 3 is 1.54 bits per heavy atom. The number of benzene rings is 3. The Balaban J connectivity index is 1.76. The summed E-state index contributed by atoms with van der Waals surface area (Å²) < 4.78 is 28.8. The largest absolute Gasteiger partial charge is 0.493 e. The molecule has 0 aliphatic heterocycles. The highest BCUT2D eigenvalue weighted by molar-refractivity contribution is 5.75.